The van der Waals surface area contributed by atoms with Gasteiger partial charge in [-0.25, -0.2) is 4.39 Å². The molecule has 0 aliphatic carbocycles. The van der Waals surface area contributed by atoms with Gasteiger partial charge in [-0.3, -0.25) is 0 Å². The molecule has 0 amide bonds. The molecule has 0 saturated heterocycles. The zero-order valence-electron chi connectivity index (χ0n) is 12.4. The highest BCUT2D eigenvalue weighted by Gasteiger charge is 2.17. The first-order valence-electron chi connectivity index (χ1n) is 7.65. The second-order valence-corrected chi connectivity index (χ2v) is 5.40. The normalized spacial score (nSPS) is 17.0. The Morgan fingerprint density at radius 3 is 2.64 bits per heavy atom. The van der Waals surface area contributed by atoms with Crippen LogP contribution in [-0.4, -0.2) is 25.8 Å². The fourth-order valence-electron chi connectivity index (χ4n) is 2.50. The lowest BCUT2D eigenvalue weighted by molar-refractivity contribution is 0.188. The second kappa shape index (κ2) is 7.27. The van der Waals surface area contributed by atoms with Gasteiger partial charge in [0.2, 0.25) is 0 Å². The van der Waals surface area contributed by atoms with Crippen LogP contribution in [0, 0.1) is 5.82 Å². The average Bonchev–Trinajstić information content (AvgIpc) is 2.75. The van der Waals surface area contributed by atoms with Crippen LogP contribution >= 0.6 is 0 Å². The van der Waals surface area contributed by atoms with Crippen LogP contribution in [0.5, 0.6) is 11.5 Å². The van der Waals surface area contributed by atoms with Crippen molar-refractivity contribution in [2.24, 2.45) is 0 Å². The van der Waals surface area contributed by atoms with Gasteiger partial charge in [-0.2, -0.15) is 0 Å². The van der Waals surface area contributed by atoms with Crippen LogP contribution in [0.2, 0.25) is 0 Å². The van der Waals surface area contributed by atoms with Crippen molar-refractivity contribution >= 4 is 0 Å². The van der Waals surface area contributed by atoms with E-state index in [0.717, 1.165) is 43.0 Å². The quantitative estimate of drug-likeness (QED) is 0.860. The van der Waals surface area contributed by atoms with E-state index >= 15 is 0 Å². The summed E-state index contributed by atoms with van der Waals surface area (Å²) in [6.07, 6.45) is 1.84. The maximum Gasteiger partial charge on any atom is 0.161 e. The van der Waals surface area contributed by atoms with E-state index in [1.807, 2.05) is 36.4 Å². The maximum atomic E-state index is 12.8. The first-order valence-corrected chi connectivity index (χ1v) is 7.65. The zero-order chi connectivity index (χ0) is 15.2. The first kappa shape index (κ1) is 14.9. The molecule has 0 fully saturated rings. The Kier molecular flexibility index (Phi) is 4.91. The van der Waals surface area contributed by atoms with Gasteiger partial charge in [0.1, 0.15) is 11.9 Å². The molecule has 2 aromatic rings. The Bertz CT molecular complexity index is 600. The molecule has 1 unspecified atom stereocenters. The maximum absolute atomic E-state index is 12.8. The third-order valence-electron chi connectivity index (χ3n) is 3.72. The number of benzene rings is 2. The van der Waals surface area contributed by atoms with Gasteiger partial charge in [-0.15, -0.1) is 0 Å². The van der Waals surface area contributed by atoms with Crippen LogP contribution in [0.4, 0.5) is 4.39 Å². The molecule has 22 heavy (non-hydrogen) atoms. The summed E-state index contributed by atoms with van der Waals surface area (Å²) in [6.45, 7) is 2.29. The Labute approximate surface area is 130 Å². The minimum Gasteiger partial charge on any atom is -0.490 e. The largest absolute Gasteiger partial charge is 0.490 e. The monoisotopic (exact) mass is 301 g/mol. The van der Waals surface area contributed by atoms with E-state index in [4.69, 9.17) is 9.47 Å². The molecule has 116 valence electrons. The van der Waals surface area contributed by atoms with E-state index in [9.17, 15) is 4.39 Å². The Morgan fingerprint density at radius 2 is 1.82 bits per heavy atom. The molecule has 1 atom stereocenters. The van der Waals surface area contributed by atoms with Crippen molar-refractivity contribution in [2.75, 3.05) is 19.7 Å². The number of hydrogen-bond donors (Lipinski definition) is 1. The van der Waals surface area contributed by atoms with Crippen LogP contribution < -0.4 is 14.8 Å². The molecule has 3 rings (SSSR count). The van der Waals surface area contributed by atoms with E-state index < -0.39 is 0 Å². The molecule has 0 bridgehead atoms. The zero-order valence-corrected chi connectivity index (χ0v) is 12.4. The van der Waals surface area contributed by atoms with Crippen molar-refractivity contribution < 1.29 is 13.9 Å². The summed E-state index contributed by atoms with van der Waals surface area (Å²) < 4.78 is 24.5. The van der Waals surface area contributed by atoms with Gasteiger partial charge in [0.05, 0.1) is 6.61 Å². The summed E-state index contributed by atoms with van der Waals surface area (Å²) in [6, 6.07) is 14.4. The third kappa shape index (κ3) is 3.98. The molecule has 0 spiro atoms. The molecule has 0 saturated carbocycles. The van der Waals surface area contributed by atoms with E-state index in [1.54, 1.807) is 0 Å². The first-order chi connectivity index (χ1) is 10.8. The summed E-state index contributed by atoms with van der Waals surface area (Å²) >= 11 is 0. The predicted octanol–water partition coefficient (Wildman–Crippen LogP) is 3.19. The molecular weight excluding hydrogens is 281 g/mol. The average molecular weight is 301 g/mol. The molecule has 1 aliphatic rings. The van der Waals surface area contributed by atoms with Crippen LogP contribution in [-0.2, 0) is 6.42 Å². The topological polar surface area (TPSA) is 30.5 Å². The minimum atomic E-state index is -0.192. The molecule has 2 aromatic carbocycles. The lowest BCUT2D eigenvalue weighted by Crippen LogP contribution is -2.32. The summed E-state index contributed by atoms with van der Waals surface area (Å²) in [7, 11) is 0. The second-order valence-electron chi connectivity index (χ2n) is 5.40. The number of halogens is 1. The highest BCUT2D eigenvalue weighted by atomic mass is 19.1. The molecule has 1 aliphatic heterocycles. The molecule has 0 radical (unpaired) electrons. The minimum absolute atomic E-state index is 0.108. The molecule has 0 aromatic heterocycles. The van der Waals surface area contributed by atoms with Crippen LogP contribution in [0.15, 0.2) is 48.5 Å². The fraction of sp³-hybridized carbons (Fsp3) is 0.333. The number of rotatable bonds is 5. The Hall–Kier alpha value is -2.07. The van der Waals surface area contributed by atoms with E-state index in [2.05, 4.69) is 5.32 Å². The van der Waals surface area contributed by atoms with Gasteiger partial charge >= 0.3 is 0 Å². The van der Waals surface area contributed by atoms with E-state index in [1.165, 1.54) is 12.1 Å². The molecule has 4 heteroatoms. The smallest absolute Gasteiger partial charge is 0.161 e. The van der Waals surface area contributed by atoms with Crippen LogP contribution in [0.1, 0.15) is 12.0 Å². The molecular formula is C18H20FNO2. The van der Waals surface area contributed by atoms with Crippen LogP contribution in [0.3, 0.4) is 0 Å². The SMILES string of the molecule is Fc1ccc(CCNCC2CCOc3ccccc3O2)cc1. The fourth-order valence-corrected chi connectivity index (χ4v) is 2.50. The lowest BCUT2D eigenvalue weighted by Gasteiger charge is -2.16. The van der Waals surface area contributed by atoms with Crippen LogP contribution in [0.25, 0.3) is 0 Å². The van der Waals surface area contributed by atoms with E-state index in [-0.39, 0.29) is 11.9 Å². The molecule has 1 N–H and O–H groups in total. The molecule has 3 nitrogen and oxygen atoms in total. The van der Waals surface area contributed by atoms with Crippen molar-refractivity contribution in [1.29, 1.82) is 0 Å². The van der Waals surface area contributed by atoms with Crippen molar-refractivity contribution in [2.45, 2.75) is 18.9 Å². The number of fused-ring (bicyclic) bond motifs is 1. The highest BCUT2D eigenvalue weighted by molar-refractivity contribution is 5.40. The summed E-state index contributed by atoms with van der Waals surface area (Å²) in [5, 5.41) is 3.40. The van der Waals surface area contributed by atoms with Crippen molar-refractivity contribution in [1.82, 2.24) is 5.32 Å². The van der Waals surface area contributed by atoms with Gasteiger partial charge in [0.15, 0.2) is 11.5 Å². The third-order valence-corrected chi connectivity index (χ3v) is 3.72. The van der Waals surface area contributed by atoms with Gasteiger partial charge in [0, 0.05) is 13.0 Å². The van der Waals surface area contributed by atoms with Gasteiger partial charge in [0.25, 0.3) is 0 Å². The van der Waals surface area contributed by atoms with Gasteiger partial charge < -0.3 is 14.8 Å². The van der Waals surface area contributed by atoms with Crippen molar-refractivity contribution in [3.63, 3.8) is 0 Å². The summed E-state index contributed by atoms with van der Waals surface area (Å²) in [5.74, 6) is 1.43. The van der Waals surface area contributed by atoms with Crippen molar-refractivity contribution in [3.8, 4) is 11.5 Å². The summed E-state index contributed by atoms with van der Waals surface area (Å²) in [4.78, 5) is 0. The Morgan fingerprint density at radius 1 is 1.05 bits per heavy atom. The number of nitrogens with one attached hydrogen (secondary N) is 1. The van der Waals surface area contributed by atoms with Gasteiger partial charge in [-0.1, -0.05) is 24.3 Å². The Balaban J connectivity index is 1.45. The number of ether oxygens (including phenoxy) is 2. The van der Waals surface area contributed by atoms with Crippen molar-refractivity contribution in [3.05, 3.63) is 59.9 Å². The lowest BCUT2D eigenvalue weighted by atomic mass is 10.1. The van der Waals surface area contributed by atoms with Gasteiger partial charge in [-0.05, 0) is 42.8 Å². The predicted molar refractivity (Wildman–Crippen MR) is 83.9 cm³/mol. The number of hydrogen-bond acceptors (Lipinski definition) is 3. The van der Waals surface area contributed by atoms with E-state index in [0.29, 0.717) is 6.61 Å². The highest BCUT2D eigenvalue weighted by Crippen LogP contribution is 2.30. The molecule has 1 heterocycles. The standard InChI is InChI=1S/C18H20FNO2/c19-15-7-5-14(6-8-15)9-11-20-13-16-10-12-21-17-3-1-2-4-18(17)22-16/h1-8,16,20H,9-13H2. The number of para-hydroxylation sites is 2. The summed E-state index contributed by atoms with van der Waals surface area (Å²) in [5.41, 5.74) is 1.13.